The average Bonchev–Trinajstić information content (AvgIpc) is 2.50. The fraction of sp³-hybridized carbons (Fsp3) is 0.444. The first-order chi connectivity index (χ1) is 6.11. The second-order valence-corrected chi connectivity index (χ2v) is 3.75. The lowest BCUT2D eigenvalue weighted by atomic mass is 9.99. The summed E-state index contributed by atoms with van der Waals surface area (Å²) in [6.07, 6.45) is 1.80. The van der Waals surface area contributed by atoms with Crippen LogP contribution in [0.5, 0.6) is 0 Å². The number of ketones is 1. The van der Waals surface area contributed by atoms with Gasteiger partial charge in [-0.3, -0.25) is 4.79 Å². The molecular formula is C9H12N2OS. The summed E-state index contributed by atoms with van der Waals surface area (Å²) < 4.78 is 3.73. The van der Waals surface area contributed by atoms with Crippen molar-refractivity contribution < 1.29 is 4.79 Å². The molecule has 0 saturated heterocycles. The third-order valence-corrected chi connectivity index (χ3v) is 2.23. The molecule has 0 fully saturated rings. The fourth-order valence-corrected chi connectivity index (χ4v) is 1.48. The Balaban J connectivity index is 2.94. The molecule has 0 saturated carbocycles. The Morgan fingerprint density at radius 1 is 1.62 bits per heavy atom. The summed E-state index contributed by atoms with van der Waals surface area (Å²) in [5.41, 5.74) is 1.57. The third-order valence-electron chi connectivity index (χ3n) is 1.71. The lowest BCUT2D eigenvalue weighted by molar-refractivity contribution is -0.113. The Morgan fingerprint density at radius 2 is 2.31 bits per heavy atom. The van der Waals surface area contributed by atoms with E-state index >= 15 is 0 Å². The highest BCUT2D eigenvalue weighted by Gasteiger charge is 2.08. The molecule has 0 aliphatic rings. The summed E-state index contributed by atoms with van der Waals surface area (Å²) in [6, 6.07) is 0. The van der Waals surface area contributed by atoms with Gasteiger partial charge in [0.15, 0.2) is 5.78 Å². The quantitative estimate of drug-likeness (QED) is 0.696. The van der Waals surface area contributed by atoms with E-state index in [4.69, 9.17) is 0 Å². The summed E-state index contributed by atoms with van der Waals surface area (Å²) in [4.78, 5) is 11.2. The summed E-state index contributed by atoms with van der Waals surface area (Å²) >= 11 is 1.29. The molecule has 3 nitrogen and oxygen atoms in total. The normalized spacial score (nSPS) is 12.2. The van der Waals surface area contributed by atoms with E-state index < -0.39 is 0 Å². The van der Waals surface area contributed by atoms with Gasteiger partial charge in [-0.25, -0.2) is 0 Å². The van der Waals surface area contributed by atoms with Crippen LogP contribution in [0.1, 0.15) is 26.5 Å². The minimum Gasteiger partial charge on any atom is -0.295 e. The predicted molar refractivity (Wildman–Crippen MR) is 53.4 cm³/mol. The van der Waals surface area contributed by atoms with Crippen molar-refractivity contribution in [3.8, 4) is 0 Å². The van der Waals surface area contributed by atoms with Crippen molar-refractivity contribution in [3.05, 3.63) is 16.6 Å². The number of carbonyl (C=O) groups is 1. The molecule has 1 rings (SSSR count). The van der Waals surface area contributed by atoms with E-state index in [-0.39, 0.29) is 11.7 Å². The number of carbonyl (C=O) groups excluding carboxylic acids is 1. The number of hydrogen-bond donors (Lipinski definition) is 0. The molecule has 0 spiro atoms. The number of nitrogens with zero attached hydrogens (tertiary/aromatic N) is 2. The van der Waals surface area contributed by atoms with Crippen LogP contribution in [-0.4, -0.2) is 15.4 Å². The van der Waals surface area contributed by atoms with Gasteiger partial charge in [0, 0.05) is 5.38 Å². The van der Waals surface area contributed by atoms with Crippen LogP contribution in [0.3, 0.4) is 0 Å². The molecule has 0 atom stereocenters. The van der Waals surface area contributed by atoms with E-state index in [1.807, 2.05) is 19.2 Å². The maximum absolute atomic E-state index is 11.2. The number of Topliss-reactive ketones (excluding diaryl/α,β-unsaturated/α-hetero) is 1. The Bertz CT molecular complexity index is 314. The maximum atomic E-state index is 11.2. The van der Waals surface area contributed by atoms with E-state index in [1.54, 1.807) is 13.0 Å². The van der Waals surface area contributed by atoms with E-state index in [2.05, 4.69) is 9.59 Å². The van der Waals surface area contributed by atoms with E-state index in [0.717, 1.165) is 11.3 Å². The van der Waals surface area contributed by atoms with Gasteiger partial charge < -0.3 is 0 Å². The van der Waals surface area contributed by atoms with Crippen molar-refractivity contribution in [1.29, 1.82) is 0 Å². The van der Waals surface area contributed by atoms with Gasteiger partial charge in [0.2, 0.25) is 0 Å². The second kappa shape index (κ2) is 4.28. The molecule has 0 unspecified atom stereocenters. The molecule has 0 aliphatic heterocycles. The van der Waals surface area contributed by atoms with Crippen LogP contribution in [0.2, 0.25) is 0 Å². The van der Waals surface area contributed by atoms with Crippen LogP contribution < -0.4 is 0 Å². The highest BCUT2D eigenvalue weighted by Crippen LogP contribution is 2.14. The lowest BCUT2D eigenvalue weighted by Crippen LogP contribution is -2.03. The number of aromatic nitrogens is 2. The largest absolute Gasteiger partial charge is 0.295 e. The highest BCUT2D eigenvalue weighted by atomic mass is 32.1. The van der Waals surface area contributed by atoms with Crippen molar-refractivity contribution in [2.24, 2.45) is 5.92 Å². The molecule has 0 N–H and O–H groups in total. The molecule has 0 amide bonds. The zero-order valence-electron chi connectivity index (χ0n) is 7.94. The molecule has 1 heterocycles. The molecule has 1 aromatic heterocycles. The first-order valence-corrected chi connectivity index (χ1v) is 4.94. The van der Waals surface area contributed by atoms with Crippen LogP contribution in [-0.2, 0) is 4.79 Å². The summed E-state index contributed by atoms with van der Waals surface area (Å²) in [5, 5.41) is 5.69. The maximum Gasteiger partial charge on any atom is 0.156 e. The van der Waals surface area contributed by atoms with Crippen molar-refractivity contribution in [2.75, 3.05) is 0 Å². The van der Waals surface area contributed by atoms with Gasteiger partial charge in [-0.1, -0.05) is 18.3 Å². The minimum atomic E-state index is 0.100. The standard InChI is InChI=1S/C9H12N2OS/c1-6(2)9(7(3)12)4-8-5-13-11-10-8/h4-6H,1-3H3/b9-4+. The van der Waals surface area contributed by atoms with Crippen LogP contribution in [0, 0.1) is 5.92 Å². The summed E-state index contributed by atoms with van der Waals surface area (Å²) in [7, 11) is 0. The Kier molecular flexibility index (Phi) is 3.31. The minimum absolute atomic E-state index is 0.100. The van der Waals surface area contributed by atoms with E-state index in [9.17, 15) is 4.79 Å². The summed E-state index contributed by atoms with van der Waals surface area (Å²) in [6.45, 7) is 5.56. The van der Waals surface area contributed by atoms with Gasteiger partial charge in [0.1, 0.15) is 0 Å². The lowest BCUT2D eigenvalue weighted by Gasteiger charge is -2.05. The number of hydrogen-bond acceptors (Lipinski definition) is 4. The van der Waals surface area contributed by atoms with Gasteiger partial charge in [0.25, 0.3) is 0 Å². The van der Waals surface area contributed by atoms with Gasteiger partial charge >= 0.3 is 0 Å². The molecule has 1 aromatic rings. The molecule has 4 heteroatoms. The fourth-order valence-electron chi connectivity index (χ4n) is 1.07. The topological polar surface area (TPSA) is 42.9 Å². The molecule has 13 heavy (non-hydrogen) atoms. The molecular weight excluding hydrogens is 184 g/mol. The van der Waals surface area contributed by atoms with Crippen molar-refractivity contribution in [1.82, 2.24) is 9.59 Å². The van der Waals surface area contributed by atoms with Crippen molar-refractivity contribution in [2.45, 2.75) is 20.8 Å². The van der Waals surface area contributed by atoms with E-state index in [0.29, 0.717) is 0 Å². The Hall–Kier alpha value is -1.03. The SMILES string of the molecule is CC(=O)/C(=C/c1csnn1)C(C)C. The van der Waals surface area contributed by atoms with Crippen LogP contribution in [0.25, 0.3) is 6.08 Å². The van der Waals surface area contributed by atoms with Crippen LogP contribution in [0.4, 0.5) is 0 Å². The van der Waals surface area contributed by atoms with Crippen LogP contribution in [0.15, 0.2) is 11.0 Å². The summed E-state index contributed by atoms with van der Waals surface area (Å²) in [5.74, 6) is 0.335. The number of rotatable bonds is 3. The zero-order chi connectivity index (χ0) is 9.84. The molecule has 0 aromatic carbocycles. The van der Waals surface area contributed by atoms with Gasteiger partial charge in [-0.15, -0.1) is 5.10 Å². The van der Waals surface area contributed by atoms with Crippen molar-refractivity contribution in [3.63, 3.8) is 0 Å². The molecule has 70 valence electrons. The molecule has 0 radical (unpaired) electrons. The van der Waals surface area contributed by atoms with Gasteiger partial charge in [-0.05, 0) is 36.0 Å². The van der Waals surface area contributed by atoms with E-state index in [1.165, 1.54) is 11.5 Å². The highest BCUT2D eigenvalue weighted by molar-refractivity contribution is 7.03. The number of allylic oxidation sites excluding steroid dienone is 1. The Labute approximate surface area is 81.6 Å². The monoisotopic (exact) mass is 196 g/mol. The average molecular weight is 196 g/mol. The first kappa shape index (κ1) is 10.1. The third kappa shape index (κ3) is 2.73. The van der Waals surface area contributed by atoms with Gasteiger partial charge in [-0.2, -0.15) is 0 Å². The smallest absolute Gasteiger partial charge is 0.156 e. The first-order valence-electron chi connectivity index (χ1n) is 4.11. The second-order valence-electron chi connectivity index (χ2n) is 3.14. The van der Waals surface area contributed by atoms with Gasteiger partial charge in [0.05, 0.1) is 5.69 Å². The predicted octanol–water partition coefficient (Wildman–Crippen LogP) is 2.17. The van der Waals surface area contributed by atoms with Crippen LogP contribution >= 0.6 is 11.5 Å². The molecule has 0 aliphatic carbocycles. The zero-order valence-corrected chi connectivity index (χ0v) is 8.76. The Morgan fingerprint density at radius 3 is 2.69 bits per heavy atom. The molecule has 0 bridgehead atoms. The van der Waals surface area contributed by atoms with Crippen molar-refractivity contribution >= 4 is 23.4 Å².